The molecule has 0 saturated carbocycles. The molecule has 2 heteroatoms. The number of benzene rings is 1. The maximum absolute atomic E-state index is 6.05. The molecule has 0 aromatic heterocycles. The van der Waals surface area contributed by atoms with Gasteiger partial charge < -0.3 is 10.1 Å². The van der Waals surface area contributed by atoms with Crippen molar-refractivity contribution in [1.82, 2.24) is 5.32 Å². The maximum atomic E-state index is 6.05. The smallest absolute Gasteiger partial charge is 0.125 e. The summed E-state index contributed by atoms with van der Waals surface area (Å²) in [6, 6.07) is 6.63. The van der Waals surface area contributed by atoms with E-state index in [1.807, 2.05) is 0 Å². The lowest BCUT2D eigenvalue weighted by Gasteiger charge is -2.31. The highest BCUT2D eigenvalue weighted by Gasteiger charge is 2.24. The molecule has 1 aromatic carbocycles. The summed E-state index contributed by atoms with van der Waals surface area (Å²) in [5, 5.41) is 3.51. The molecule has 1 unspecified atom stereocenters. The summed E-state index contributed by atoms with van der Waals surface area (Å²) in [7, 11) is 0. The zero-order valence-electron chi connectivity index (χ0n) is 12.6. The van der Waals surface area contributed by atoms with Gasteiger partial charge in [0.1, 0.15) is 12.4 Å². The molecule has 1 atom stereocenters. The van der Waals surface area contributed by atoms with Crippen LogP contribution in [0.3, 0.4) is 0 Å². The third-order valence-corrected chi connectivity index (χ3v) is 3.30. The minimum Gasteiger partial charge on any atom is -0.491 e. The normalized spacial score (nSPS) is 13.4. The van der Waals surface area contributed by atoms with E-state index in [2.05, 4.69) is 65.1 Å². The third kappa shape index (κ3) is 4.02. The number of aryl methyl sites for hydroxylation is 2. The number of nitrogens with one attached hydrogen (secondary N) is 1. The summed E-state index contributed by atoms with van der Waals surface area (Å²) in [5.41, 5.74) is 2.62. The Morgan fingerprint density at radius 3 is 2.17 bits per heavy atom. The molecule has 0 radical (unpaired) electrons. The Morgan fingerprint density at radius 2 is 1.72 bits per heavy atom. The molecule has 0 aliphatic rings. The summed E-state index contributed by atoms with van der Waals surface area (Å²) in [6.45, 7) is 14.7. The van der Waals surface area contributed by atoms with Crippen molar-refractivity contribution < 1.29 is 4.74 Å². The van der Waals surface area contributed by atoms with Crippen LogP contribution in [0.25, 0.3) is 0 Å². The van der Waals surface area contributed by atoms with Gasteiger partial charge in [-0.05, 0) is 36.9 Å². The summed E-state index contributed by atoms with van der Waals surface area (Å²) >= 11 is 0. The molecule has 1 N–H and O–H groups in total. The van der Waals surface area contributed by atoms with Gasteiger partial charge in [-0.2, -0.15) is 0 Å². The number of hydrogen-bond acceptors (Lipinski definition) is 2. The molecule has 0 saturated heterocycles. The summed E-state index contributed by atoms with van der Waals surface area (Å²) in [5.74, 6) is 1.03. The molecule has 0 bridgehead atoms. The van der Waals surface area contributed by atoms with Crippen LogP contribution in [0, 0.1) is 19.3 Å². The van der Waals surface area contributed by atoms with Gasteiger partial charge >= 0.3 is 0 Å². The van der Waals surface area contributed by atoms with Gasteiger partial charge in [-0.1, -0.05) is 45.9 Å². The second-order valence-corrected chi connectivity index (χ2v) is 6.01. The van der Waals surface area contributed by atoms with E-state index in [0.717, 1.165) is 12.3 Å². The Labute approximate surface area is 112 Å². The lowest BCUT2D eigenvalue weighted by Crippen LogP contribution is -2.44. The predicted molar refractivity (Wildman–Crippen MR) is 78.3 cm³/mol. The highest BCUT2D eigenvalue weighted by molar-refractivity contribution is 5.39. The fourth-order valence-corrected chi connectivity index (χ4v) is 2.06. The number of likely N-dealkylation sites (N-methyl/N-ethyl adjacent to an activating group) is 1. The fourth-order valence-electron chi connectivity index (χ4n) is 2.06. The molecule has 18 heavy (non-hydrogen) atoms. The van der Waals surface area contributed by atoms with Crippen LogP contribution in [0.5, 0.6) is 5.75 Å². The van der Waals surface area contributed by atoms with E-state index in [0.29, 0.717) is 12.6 Å². The van der Waals surface area contributed by atoms with E-state index in [-0.39, 0.29) is 5.41 Å². The van der Waals surface area contributed by atoms with Crippen LogP contribution in [0.4, 0.5) is 0 Å². The Morgan fingerprint density at radius 1 is 1.17 bits per heavy atom. The second-order valence-electron chi connectivity index (χ2n) is 6.01. The number of rotatable bonds is 5. The summed E-state index contributed by atoms with van der Waals surface area (Å²) in [4.78, 5) is 0. The van der Waals surface area contributed by atoms with Crippen molar-refractivity contribution in [2.24, 2.45) is 5.41 Å². The molecular formula is C16H27NO. The topological polar surface area (TPSA) is 21.3 Å². The second kappa shape index (κ2) is 6.24. The zero-order valence-corrected chi connectivity index (χ0v) is 12.6. The number of ether oxygens (including phenoxy) is 1. The van der Waals surface area contributed by atoms with Crippen LogP contribution >= 0.6 is 0 Å². The van der Waals surface area contributed by atoms with Crippen molar-refractivity contribution in [3.8, 4) is 5.75 Å². The molecule has 0 amide bonds. The van der Waals surface area contributed by atoms with Gasteiger partial charge in [0, 0.05) is 6.04 Å². The number of para-hydroxylation sites is 1. The third-order valence-electron chi connectivity index (χ3n) is 3.30. The molecular weight excluding hydrogens is 222 g/mol. The van der Waals surface area contributed by atoms with E-state index < -0.39 is 0 Å². The van der Waals surface area contributed by atoms with Crippen molar-refractivity contribution in [2.45, 2.75) is 47.6 Å². The maximum Gasteiger partial charge on any atom is 0.125 e. The fraction of sp³-hybridized carbons (Fsp3) is 0.625. The van der Waals surface area contributed by atoms with Crippen molar-refractivity contribution in [2.75, 3.05) is 13.2 Å². The molecule has 0 spiro atoms. The summed E-state index contributed by atoms with van der Waals surface area (Å²) in [6.07, 6.45) is 0. The molecule has 1 aromatic rings. The standard InChI is InChI=1S/C16H27NO/c1-7-17-14(16(4,5)6)11-18-15-12(2)9-8-10-13(15)3/h8-10,14,17H,7,11H2,1-6H3. The van der Waals surface area contributed by atoms with Crippen LogP contribution in [0.15, 0.2) is 18.2 Å². The minimum absolute atomic E-state index is 0.201. The molecule has 0 fully saturated rings. The van der Waals surface area contributed by atoms with Gasteiger partial charge in [0.2, 0.25) is 0 Å². The van der Waals surface area contributed by atoms with Gasteiger partial charge in [-0.15, -0.1) is 0 Å². The highest BCUT2D eigenvalue weighted by atomic mass is 16.5. The van der Waals surface area contributed by atoms with E-state index in [1.54, 1.807) is 0 Å². The van der Waals surface area contributed by atoms with E-state index >= 15 is 0 Å². The van der Waals surface area contributed by atoms with E-state index in [1.165, 1.54) is 11.1 Å². The predicted octanol–water partition coefficient (Wildman–Crippen LogP) is 3.71. The molecule has 1 rings (SSSR count). The molecule has 0 heterocycles. The van der Waals surface area contributed by atoms with Crippen LogP contribution in [0.2, 0.25) is 0 Å². The average molecular weight is 249 g/mol. The number of hydrogen-bond donors (Lipinski definition) is 1. The van der Waals surface area contributed by atoms with Gasteiger partial charge in [0.05, 0.1) is 0 Å². The lowest BCUT2D eigenvalue weighted by atomic mass is 9.87. The quantitative estimate of drug-likeness (QED) is 0.859. The Bertz CT molecular complexity index is 359. The molecule has 2 nitrogen and oxygen atoms in total. The minimum atomic E-state index is 0.201. The highest BCUT2D eigenvalue weighted by Crippen LogP contribution is 2.25. The SMILES string of the molecule is CCNC(COc1c(C)cccc1C)C(C)(C)C. The lowest BCUT2D eigenvalue weighted by molar-refractivity contribution is 0.174. The average Bonchev–Trinajstić information content (AvgIpc) is 2.25. The monoisotopic (exact) mass is 249 g/mol. The Hall–Kier alpha value is -1.02. The van der Waals surface area contributed by atoms with E-state index in [9.17, 15) is 0 Å². The van der Waals surface area contributed by atoms with Gasteiger partial charge in [0.25, 0.3) is 0 Å². The molecule has 0 aliphatic heterocycles. The van der Waals surface area contributed by atoms with Crippen LogP contribution in [0.1, 0.15) is 38.8 Å². The first kappa shape index (κ1) is 15.0. The first-order valence-electron chi connectivity index (χ1n) is 6.78. The van der Waals surface area contributed by atoms with Crippen LogP contribution in [-0.4, -0.2) is 19.2 Å². The van der Waals surface area contributed by atoms with Crippen molar-refractivity contribution in [3.63, 3.8) is 0 Å². The molecule has 102 valence electrons. The van der Waals surface area contributed by atoms with Crippen molar-refractivity contribution in [3.05, 3.63) is 29.3 Å². The Balaban J connectivity index is 2.73. The van der Waals surface area contributed by atoms with Crippen LogP contribution < -0.4 is 10.1 Å². The largest absolute Gasteiger partial charge is 0.491 e. The summed E-state index contributed by atoms with van der Waals surface area (Å²) < 4.78 is 6.05. The first-order chi connectivity index (χ1) is 8.36. The molecule has 0 aliphatic carbocycles. The Kier molecular flexibility index (Phi) is 5.21. The van der Waals surface area contributed by atoms with Gasteiger partial charge in [-0.25, -0.2) is 0 Å². The van der Waals surface area contributed by atoms with Crippen molar-refractivity contribution >= 4 is 0 Å². The van der Waals surface area contributed by atoms with Crippen molar-refractivity contribution in [1.29, 1.82) is 0 Å². The first-order valence-corrected chi connectivity index (χ1v) is 6.78. The van der Waals surface area contributed by atoms with Gasteiger partial charge in [0.15, 0.2) is 0 Å². The van der Waals surface area contributed by atoms with Crippen LogP contribution in [-0.2, 0) is 0 Å². The van der Waals surface area contributed by atoms with Gasteiger partial charge in [-0.3, -0.25) is 0 Å². The van der Waals surface area contributed by atoms with E-state index in [4.69, 9.17) is 4.74 Å². The zero-order chi connectivity index (χ0) is 13.8.